The number of benzene rings is 2. The van der Waals surface area contributed by atoms with Crippen LogP contribution < -0.4 is 9.47 Å². The lowest BCUT2D eigenvalue weighted by atomic mass is 10.1. The predicted octanol–water partition coefficient (Wildman–Crippen LogP) is 5.09. The SMILES string of the molecule is C=CC(=O)OCCCCOc1cnc(-c2ccc(C(=O)O[C@H]3OCCO[C@@H]3OC(=O)c3ccc(-c4ncc(OCCCCOC(=O)C=C)cn4)cc3)cc2)nc1. The quantitative estimate of drug-likeness (QED) is 0.0499. The molecular weight excluding hydrogens is 728 g/mol. The van der Waals surface area contributed by atoms with Crippen LogP contribution in [0.25, 0.3) is 22.8 Å². The molecular formula is C40H40N4O12. The molecule has 56 heavy (non-hydrogen) atoms. The summed E-state index contributed by atoms with van der Waals surface area (Å²) in [5, 5.41) is 0. The van der Waals surface area contributed by atoms with Crippen molar-refractivity contribution >= 4 is 23.9 Å². The Labute approximate surface area is 322 Å². The molecule has 4 aromatic rings. The Morgan fingerprint density at radius 1 is 0.571 bits per heavy atom. The van der Waals surface area contributed by atoms with Crippen molar-refractivity contribution in [2.75, 3.05) is 39.6 Å². The van der Waals surface area contributed by atoms with Crippen LogP contribution in [0.4, 0.5) is 0 Å². The number of nitrogens with zero attached hydrogens (tertiary/aromatic N) is 4. The summed E-state index contributed by atoms with van der Waals surface area (Å²) in [6, 6.07) is 12.9. The molecule has 16 nitrogen and oxygen atoms in total. The largest absolute Gasteiger partial charge is 0.490 e. The van der Waals surface area contributed by atoms with Crippen LogP contribution in [0.2, 0.25) is 0 Å². The summed E-state index contributed by atoms with van der Waals surface area (Å²) >= 11 is 0. The minimum atomic E-state index is -1.30. The molecule has 16 heteroatoms. The summed E-state index contributed by atoms with van der Waals surface area (Å²) in [6.45, 7) is 8.32. The molecule has 0 amide bonds. The van der Waals surface area contributed by atoms with Gasteiger partial charge in [-0.05, 0) is 49.9 Å². The molecule has 1 saturated heterocycles. The lowest BCUT2D eigenvalue weighted by Gasteiger charge is -2.30. The predicted molar refractivity (Wildman–Crippen MR) is 197 cm³/mol. The third kappa shape index (κ3) is 12.5. The lowest BCUT2D eigenvalue weighted by molar-refractivity contribution is -0.288. The maximum atomic E-state index is 13.0. The van der Waals surface area contributed by atoms with Crippen LogP contribution in [0.3, 0.4) is 0 Å². The Balaban J connectivity index is 1.06. The van der Waals surface area contributed by atoms with Gasteiger partial charge in [0.25, 0.3) is 12.6 Å². The van der Waals surface area contributed by atoms with E-state index in [-0.39, 0.29) is 37.6 Å². The number of carbonyl (C=O) groups is 4. The summed E-state index contributed by atoms with van der Waals surface area (Å²) in [5.41, 5.74) is 1.73. The fourth-order valence-electron chi connectivity index (χ4n) is 4.85. The van der Waals surface area contributed by atoms with Crippen molar-refractivity contribution in [1.29, 1.82) is 0 Å². The van der Waals surface area contributed by atoms with Gasteiger partial charge in [-0.3, -0.25) is 0 Å². The zero-order valence-electron chi connectivity index (χ0n) is 30.4. The van der Waals surface area contributed by atoms with E-state index in [0.29, 0.717) is 73.2 Å². The molecule has 1 fully saturated rings. The van der Waals surface area contributed by atoms with Crippen LogP contribution in [-0.4, -0.2) is 96.0 Å². The van der Waals surface area contributed by atoms with Gasteiger partial charge in [-0.25, -0.2) is 39.1 Å². The lowest BCUT2D eigenvalue weighted by Crippen LogP contribution is -2.44. The highest BCUT2D eigenvalue weighted by atomic mass is 16.8. The molecule has 0 spiro atoms. The molecule has 1 aliphatic heterocycles. The number of unbranched alkanes of at least 4 members (excludes halogenated alkanes) is 2. The summed E-state index contributed by atoms with van der Waals surface area (Å²) in [5.74, 6) is -0.545. The second-order valence-electron chi connectivity index (χ2n) is 11.8. The third-order valence-electron chi connectivity index (χ3n) is 7.77. The third-order valence-corrected chi connectivity index (χ3v) is 7.77. The van der Waals surface area contributed by atoms with Gasteiger partial charge in [-0.1, -0.05) is 37.4 Å². The average Bonchev–Trinajstić information content (AvgIpc) is 3.24. The van der Waals surface area contributed by atoms with E-state index in [4.69, 9.17) is 37.9 Å². The highest BCUT2D eigenvalue weighted by Crippen LogP contribution is 2.22. The highest BCUT2D eigenvalue weighted by molar-refractivity contribution is 5.91. The van der Waals surface area contributed by atoms with Crippen molar-refractivity contribution in [3.8, 4) is 34.3 Å². The normalized spacial score (nSPS) is 14.8. The smallest absolute Gasteiger partial charge is 0.340 e. The van der Waals surface area contributed by atoms with E-state index in [1.807, 2.05) is 0 Å². The number of aromatic nitrogens is 4. The number of esters is 4. The van der Waals surface area contributed by atoms with Crippen molar-refractivity contribution in [2.24, 2.45) is 0 Å². The molecule has 292 valence electrons. The van der Waals surface area contributed by atoms with E-state index < -0.39 is 36.5 Å². The Hall–Kier alpha value is -6.52. The van der Waals surface area contributed by atoms with Gasteiger partial charge in [0, 0.05) is 23.3 Å². The Bertz CT molecular complexity index is 1780. The zero-order valence-corrected chi connectivity index (χ0v) is 30.4. The van der Waals surface area contributed by atoms with Gasteiger partial charge in [-0.2, -0.15) is 0 Å². The van der Waals surface area contributed by atoms with E-state index in [1.54, 1.807) is 73.3 Å². The molecule has 2 aromatic carbocycles. The van der Waals surface area contributed by atoms with Crippen molar-refractivity contribution < 1.29 is 57.1 Å². The van der Waals surface area contributed by atoms with Crippen LogP contribution in [0.5, 0.6) is 11.5 Å². The van der Waals surface area contributed by atoms with Gasteiger partial charge < -0.3 is 37.9 Å². The molecule has 0 aliphatic carbocycles. The zero-order chi connectivity index (χ0) is 39.5. The second kappa shape index (κ2) is 21.4. The minimum absolute atomic E-state index is 0.124. The number of ether oxygens (including phenoxy) is 8. The average molecular weight is 769 g/mol. The first-order chi connectivity index (χ1) is 27.3. The summed E-state index contributed by atoms with van der Waals surface area (Å²) in [6.07, 6.45) is 8.43. The first kappa shape index (κ1) is 40.7. The highest BCUT2D eigenvalue weighted by Gasteiger charge is 2.34. The van der Waals surface area contributed by atoms with Crippen molar-refractivity contribution in [1.82, 2.24) is 19.9 Å². The Morgan fingerprint density at radius 3 is 1.29 bits per heavy atom. The molecule has 0 N–H and O–H groups in total. The van der Waals surface area contributed by atoms with E-state index in [2.05, 4.69) is 33.1 Å². The van der Waals surface area contributed by atoms with Gasteiger partial charge in [0.05, 0.1) is 75.6 Å². The van der Waals surface area contributed by atoms with Crippen LogP contribution in [-0.2, 0) is 38.0 Å². The van der Waals surface area contributed by atoms with E-state index in [9.17, 15) is 19.2 Å². The summed E-state index contributed by atoms with van der Waals surface area (Å²) in [4.78, 5) is 65.5. The van der Waals surface area contributed by atoms with Crippen molar-refractivity contribution in [3.63, 3.8) is 0 Å². The molecule has 0 bridgehead atoms. The maximum absolute atomic E-state index is 13.0. The summed E-state index contributed by atoms with van der Waals surface area (Å²) < 4.78 is 43.3. The van der Waals surface area contributed by atoms with Gasteiger partial charge in [-0.15, -0.1) is 0 Å². The Morgan fingerprint density at radius 2 is 0.929 bits per heavy atom. The van der Waals surface area contributed by atoms with Crippen LogP contribution in [0.1, 0.15) is 46.4 Å². The van der Waals surface area contributed by atoms with Gasteiger partial charge >= 0.3 is 23.9 Å². The van der Waals surface area contributed by atoms with E-state index in [0.717, 1.165) is 12.2 Å². The van der Waals surface area contributed by atoms with Crippen LogP contribution >= 0.6 is 0 Å². The van der Waals surface area contributed by atoms with Gasteiger partial charge in [0.2, 0.25) is 0 Å². The molecule has 0 saturated carbocycles. The van der Waals surface area contributed by atoms with E-state index >= 15 is 0 Å². The molecule has 5 rings (SSSR count). The molecule has 1 aliphatic rings. The molecule has 2 atom stereocenters. The monoisotopic (exact) mass is 768 g/mol. The molecule has 3 heterocycles. The minimum Gasteiger partial charge on any atom is -0.490 e. The first-order valence-electron chi connectivity index (χ1n) is 17.7. The van der Waals surface area contributed by atoms with Crippen LogP contribution in [0, 0.1) is 0 Å². The fourth-order valence-corrected chi connectivity index (χ4v) is 4.85. The number of rotatable bonds is 20. The van der Waals surface area contributed by atoms with Crippen molar-refractivity contribution in [2.45, 2.75) is 38.3 Å². The fraction of sp³-hybridized carbons (Fsp3) is 0.300. The maximum Gasteiger partial charge on any atom is 0.340 e. The second-order valence-corrected chi connectivity index (χ2v) is 11.8. The molecule has 2 aromatic heterocycles. The van der Waals surface area contributed by atoms with Crippen LogP contribution in [0.15, 0.2) is 98.6 Å². The number of carbonyl (C=O) groups excluding carboxylic acids is 4. The molecule has 0 radical (unpaired) electrons. The standard InChI is InChI=1S/C40H40N4O12/c1-3-33(45)51-19-7-5-17-49-31-23-41-35(42-24-31)27-9-13-29(14-10-27)37(47)55-39-40(54-22-21-53-39)56-38(48)30-15-11-28(12-16-30)36-43-25-32(26-44-36)50-18-6-8-20-52-34(46)4-2/h3-4,9-16,23-26,39-40H,1-2,5-8,17-22H2/t39-,40-/m1/s1. The first-order valence-corrected chi connectivity index (χ1v) is 17.7. The van der Waals surface area contributed by atoms with Gasteiger partial charge in [0.15, 0.2) is 23.1 Å². The molecule has 0 unspecified atom stereocenters. The number of hydrogen-bond donors (Lipinski definition) is 0. The number of hydrogen-bond acceptors (Lipinski definition) is 16. The summed E-state index contributed by atoms with van der Waals surface area (Å²) in [7, 11) is 0. The van der Waals surface area contributed by atoms with Gasteiger partial charge in [0.1, 0.15) is 0 Å². The van der Waals surface area contributed by atoms with E-state index in [1.165, 1.54) is 0 Å². The van der Waals surface area contributed by atoms with Crippen molar-refractivity contribution in [3.05, 3.63) is 110 Å². The Kier molecular flexibility index (Phi) is 15.5. The topological polar surface area (TPSA) is 194 Å².